The van der Waals surface area contributed by atoms with E-state index in [9.17, 15) is 32.7 Å². The molecule has 1 atom stereocenters. The maximum atomic E-state index is 14.2. The maximum absolute atomic E-state index is 14.2. The van der Waals surface area contributed by atoms with Gasteiger partial charge >= 0.3 is 12.3 Å². The molecule has 0 radical (unpaired) electrons. The highest BCUT2D eigenvalue weighted by Crippen LogP contribution is 2.43. The Balaban J connectivity index is 1.08. The first-order valence-corrected chi connectivity index (χ1v) is 17.9. The van der Waals surface area contributed by atoms with Gasteiger partial charge in [-0.2, -0.15) is 13.2 Å². The quantitative estimate of drug-likeness (QED) is 0.308. The van der Waals surface area contributed by atoms with Crippen molar-refractivity contribution in [3.8, 4) is 0 Å². The summed E-state index contributed by atoms with van der Waals surface area (Å²) in [6.07, 6.45) is -1.98. The SMILES string of the molecule is CC(C)(C)OC(=O)NC1CN(C(=O)c2ccc(N3CCC(CC4CCN(C(=O)[C@](O)(c5cc(Cl)cc(Cl)c5)C(F)(F)F)CC4)CC3)cc2Cl)C1. The van der Waals surface area contributed by atoms with E-state index in [2.05, 4.69) is 10.2 Å². The van der Waals surface area contributed by atoms with Crippen LogP contribution in [0.15, 0.2) is 36.4 Å². The number of alkyl halides is 3. The molecular formula is C35H42Cl3F3N4O5. The highest BCUT2D eigenvalue weighted by atomic mass is 35.5. The van der Waals surface area contributed by atoms with E-state index in [0.29, 0.717) is 42.4 Å². The predicted octanol–water partition coefficient (Wildman–Crippen LogP) is 7.29. The van der Waals surface area contributed by atoms with Crippen LogP contribution in [0.25, 0.3) is 0 Å². The third-order valence-electron chi connectivity index (χ3n) is 9.62. The molecule has 0 saturated carbocycles. The van der Waals surface area contributed by atoms with Crippen molar-refractivity contribution < 1.29 is 37.4 Å². The second-order valence-corrected chi connectivity index (χ2v) is 15.8. The van der Waals surface area contributed by atoms with Crippen molar-refractivity contribution in [2.45, 2.75) is 76.3 Å². The van der Waals surface area contributed by atoms with Crippen LogP contribution in [0.4, 0.5) is 23.7 Å². The Hall–Kier alpha value is -2.93. The fourth-order valence-electron chi connectivity index (χ4n) is 6.92. The molecule has 3 heterocycles. The number of rotatable bonds is 7. The van der Waals surface area contributed by atoms with Crippen molar-refractivity contribution in [2.24, 2.45) is 11.8 Å². The molecule has 9 nitrogen and oxygen atoms in total. The van der Waals surface area contributed by atoms with Crippen molar-refractivity contribution >= 4 is 58.4 Å². The van der Waals surface area contributed by atoms with E-state index >= 15 is 0 Å². The maximum Gasteiger partial charge on any atom is 0.430 e. The minimum atomic E-state index is -5.27. The molecule has 0 spiro atoms. The van der Waals surface area contributed by atoms with Crippen LogP contribution in [0.5, 0.6) is 0 Å². The summed E-state index contributed by atoms with van der Waals surface area (Å²) in [5.41, 5.74) is -3.75. The van der Waals surface area contributed by atoms with Gasteiger partial charge in [0.25, 0.3) is 17.4 Å². The molecule has 50 heavy (non-hydrogen) atoms. The summed E-state index contributed by atoms with van der Waals surface area (Å²) >= 11 is 18.4. The molecule has 2 aromatic rings. The van der Waals surface area contributed by atoms with E-state index in [4.69, 9.17) is 39.5 Å². The summed E-state index contributed by atoms with van der Waals surface area (Å²) in [5.74, 6) is -0.961. The van der Waals surface area contributed by atoms with Crippen LogP contribution in [-0.4, -0.2) is 89.9 Å². The van der Waals surface area contributed by atoms with Crippen molar-refractivity contribution in [1.82, 2.24) is 15.1 Å². The van der Waals surface area contributed by atoms with Gasteiger partial charge in [0.15, 0.2) is 0 Å². The molecule has 15 heteroatoms. The van der Waals surface area contributed by atoms with Gasteiger partial charge < -0.3 is 29.9 Å². The number of carbonyl (C=O) groups excluding carboxylic acids is 3. The number of nitrogens with one attached hydrogen (secondary N) is 1. The summed E-state index contributed by atoms with van der Waals surface area (Å²) in [5, 5.41) is 13.7. The molecule has 3 amide bonds. The lowest BCUT2D eigenvalue weighted by molar-refractivity contribution is -0.262. The number of halogens is 6. The van der Waals surface area contributed by atoms with Crippen LogP contribution < -0.4 is 10.2 Å². The second-order valence-electron chi connectivity index (χ2n) is 14.5. The molecule has 5 rings (SSSR count). The number of likely N-dealkylation sites (tertiary alicyclic amines) is 2. The number of alkyl carbamates (subject to hydrolysis) is 1. The van der Waals surface area contributed by atoms with Crippen LogP contribution in [0.1, 0.15) is 68.8 Å². The van der Waals surface area contributed by atoms with Crippen LogP contribution >= 0.6 is 34.8 Å². The van der Waals surface area contributed by atoms with E-state index in [1.54, 1.807) is 37.8 Å². The average molecular weight is 762 g/mol. The third kappa shape index (κ3) is 8.74. The van der Waals surface area contributed by atoms with E-state index in [-0.39, 0.29) is 41.0 Å². The van der Waals surface area contributed by atoms with Gasteiger partial charge in [-0.05, 0) is 101 Å². The molecule has 3 aliphatic heterocycles. The van der Waals surface area contributed by atoms with Gasteiger partial charge in [0, 0.05) is 60.6 Å². The van der Waals surface area contributed by atoms with Crippen LogP contribution in [0.2, 0.25) is 15.1 Å². The Morgan fingerprint density at radius 2 is 1.42 bits per heavy atom. The molecule has 2 aromatic carbocycles. The predicted molar refractivity (Wildman–Crippen MR) is 186 cm³/mol. The van der Waals surface area contributed by atoms with E-state index in [1.165, 1.54) is 6.07 Å². The van der Waals surface area contributed by atoms with Crippen molar-refractivity contribution in [3.05, 3.63) is 62.6 Å². The Kier molecular flexibility index (Phi) is 11.5. The fraction of sp³-hybridized carbons (Fsp3) is 0.571. The molecule has 3 aliphatic rings. The number of aliphatic hydroxyl groups is 1. The lowest BCUT2D eigenvalue weighted by atomic mass is 9.82. The van der Waals surface area contributed by atoms with Gasteiger partial charge in [0.1, 0.15) is 5.60 Å². The summed E-state index contributed by atoms with van der Waals surface area (Å²) in [6, 6.07) is 8.30. The molecule has 0 aliphatic carbocycles. The highest BCUT2D eigenvalue weighted by molar-refractivity contribution is 6.35. The first kappa shape index (κ1) is 38.3. The highest BCUT2D eigenvalue weighted by Gasteiger charge is 2.62. The lowest BCUT2D eigenvalue weighted by Crippen LogP contribution is -2.61. The van der Waals surface area contributed by atoms with Crippen LogP contribution in [0, 0.1) is 11.8 Å². The largest absolute Gasteiger partial charge is 0.444 e. The zero-order valence-corrected chi connectivity index (χ0v) is 30.4. The first-order chi connectivity index (χ1) is 23.3. The monoisotopic (exact) mass is 760 g/mol. The van der Waals surface area contributed by atoms with Crippen molar-refractivity contribution in [2.75, 3.05) is 44.2 Å². The lowest BCUT2D eigenvalue weighted by Gasteiger charge is -2.40. The summed E-state index contributed by atoms with van der Waals surface area (Å²) in [6.45, 7) is 7.88. The van der Waals surface area contributed by atoms with Gasteiger partial charge in [-0.25, -0.2) is 4.79 Å². The minimum Gasteiger partial charge on any atom is -0.444 e. The van der Waals surface area contributed by atoms with Crippen molar-refractivity contribution in [1.29, 1.82) is 0 Å². The number of ether oxygens (including phenoxy) is 1. The Morgan fingerprint density at radius 3 is 1.94 bits per heavy atom. The standard InChI is InChI=1S/C35H42Cl3F3N4O5/c1-33(2,3)50-32(48)42-26-19-45(20-26)30(46)28-5-4-27(18-29(28)38)43-10-6-21(7-11-43)14-22-8-12-44(13-9-22)31(47)34(49,35(39,40)41)23-15-24(36)17-25(37)16-23/h4-5,15-18,21-22,26,49H,6-14,19-20H2,1-3H3,(H,42,48)/t34-/m1/s1. The second kappa shape index (κ2) is 15.0. The number of piperidine rings is 2. The summed E-state index contributed by atoms with van der Waals surface area (Å²) in [7, 11) is 0. The summed E-state index contributed by atoms with van der Waals surface area (Å²) < 4.78 is 47.8. The van der Waals surface area contributed by atoms with Crippen LogP contribution in [-0.2, 0) is 15.1 Å². The number of anilines is 1. The number of hydrogen-bond acceptors (Lipinski definition) is 6. The number of carbonyl (C=O) groups is 3. The Labute approximate surface area is 304 Å². The van der Waals surface area contributed by atoms with Gasteiger partial charge in [0.05, 0.1) is 16.6 Å². The van der Waals surface area contributed by atoms with E-state index in [0.717, 1.165) is 55.1 Å². The number of benzene rings is 2. The van der Waals surface area contributed by atoms with E-state index < -0.39 is 34.9 Å². The minimum absolute atomic E-state index is 0.108. The Bertz CT molecular complexity index is 1560. The average Bonchev–Trinajstić information content (AvgIpc) is 3.00. The zero-order chi connectivity index (χ0) is 36.6. The van der Waals surface area contributed by atoms with E-state index in [1.807, 2.05) is 6.07 Å². The molecule has 3 saturated heterocycles. The smallest absolute Gasteiger partial charge is 0.430 e. The Morgan fingerprint density at radius 1 is 0.860 bits per heavy atom. The van der Waals surface area contributed by atoms with Crippen LogP contribution in [0.3, 0.4) is 0 Å². The number of nitrogens with zero attached hydrogens (tertiary/aromatic N) is 3. The molecule has 3 fully saturated rings. The molecule has 2 N–H and O–H groups in total. The van der Waals surface area contributed by atoms with Gasteiger partial charge in [-0.3, -0.25) is 9.59 Å². The van der Waals surface area contributed by atoms with Gasteiger partial charge in [0.2, 0.25) is 0 Å². The first-order valence-electron chi connectivity index (χ1n) is 16.7. The summed E-state index contributed by atoms with van der Waals surface area (Å²) in [4.78, 5) is 43.2. The van der Waals surface area contributed by atoms with Crippen molar-refractivity contribution in [3.63, 3.8) is 0 Å². The normalized spacial score (nSPS) is 19.5. The topological polar surface area (TPSA) is 102 Å². The third-order valence-corrected chi connectivity index (χ3v) is 10.4. The number of amides is 3. The zero-order valence-electron chi connectivity index (χ0n) is 28.2. The molecule has 0 bridgehead atoms. The number of hydrogen-bond donors (Lipinski definition) is 2. The van der Waals surface area contributed by atoms with Gasteiger partial charge in [-0.1, -0.05) is 34.8 Å². The fourth-order valence-corrected chi connectivity index (χ4v) is 7.71. The van der Waals surface area contributed by atoms with Gasteiger partial charge in [-0.15, -0.1) is 0 Å². The molecule has 0 aromatic heterocycles. The molecule has 0 unspecified atom stereocenters. The molecular weight excluding hydrogens is 720 g/mol. The molecule has 274 valence electrons.